The Morgan fingerprint density at radius 2 is 2.00 bits per heavy atom. The van der Waals surface area contributed by atoms with Gasteiger partial charge in [-0.25, -0.2) is 4.98 Å². The van der Waals surface area contributed by atoms with Gasteiger partial charge in [-0.15, -0.1) is 0 Å². The molecule has 0 unspecified atom stereocenters. The van der Waals surface area contributed by atoms with Gasteiger partial charge in [-0.3, -0.25) is 0 Å². The zero-order chi connectivity index (χ0) is 15.1. The van der Waals surface area contributed by atoms with Gasteiger partial charge in [0, 0.05) is 12.3 Å². The van der Waals surface area contributed by atoms with E-state index >= 15 is 0 Å². The van der Waals surface area contributed by atoms with Crippen molar-refractivity contribution in [2.24, 2.45) is 0 Å². The van der Waals surface area contributed by atoms with E-state index in [1.54, 1.807) is 18.3 Å². The Labute approximate surface area is 124 Å². The molecule has 0 radical (unpaired) electrons. The first kappa shape index (κ1) is 14.7. The molecule has 1 N–H and O–H groups in total. The lowest BCUT2D eigenvalue weighted by Crippen LogP contribution is -2.01. The number of hydrogen-bond acceptors (Lipinski definition) is 5. The summed E-state index contributed by atoms with van der Waals surface area (Å²) in [6.45, 7) is 4.98. The number of nitriles is 1. The molecule has 1 aromatic carbocycles. The molecule has 5 nitrogen and oxygen atoms in total. The quantitative estimate of drug-likeness (QED) is 0.879. The Bertz CT molecular complexity index is 650. The van der Waals surface area contributed by atoms with Gasteiger partial charge in [-0.2, -0.15) is 5.26 Å². The molecule has 0 saturated heterocycles. The minimum absolute atomic E-state index is 0.474. The number of rotatable bonds is 6. The van der Waals surface area contributed by atoms with E-state index in [0.717, 1.165) is 11.4 Å². The van der Waals surface area contributed by atoms with Gasteiger partial charge in [0.05, 0.1) is 24.5 Å². The van der Waals surface area contributed by atoms with Crippen LogP contribution in [0.15, 0.2) is 36.5 Å². The molecular weight excluding hydrogens is 266 g/mol. The van der Waals surface area contributed by atoms with E-state index in [0.29, 0.717) is 30.3 Å². The molecule has 0 atom stereocenters. The third kappa shape index (κ3) is 3.63. The van der Waals surface area contributed by atoms with Crippen LogP contribution in [-0.2, 0) is 0 Å². The molecule has 0 amide bonds. The van der Waals surface area contributed by atoms with Crippen molar-refractivity contribution in [1.29, 1.82) is 5.26 Å². The van der Waals surface area contributed by atoms with Crippen LogP contribution in [0.4, 0.5) is 11.5 Å². The van der Waals surface area contributed by atoms with Crippen LogP contribution in [0.2, 0.25) is 0 Å². The fraction of sp³-hybridized carbons (Fsp3) is 0.250. The first-order chi connectivity index (χ1) is 10.3. The second-order valence-corrected chi connectivity index (χ2v) is 4.16. The fourth-order valence-corrected chi connectivity index (χ4v) is 1.87. The van der Waals surface area contributed by atoms with E-state index in [2.05, 4.69) is 16.4 Å². The third-order valence-corrected chi connectivity index (χ3v) is 2.74. The summed E-state index contributed by atoms with van der Waals surface area (Å²) in [5, 5.41) is 12.3. The monoisotopic (exact) mass is 283 g/mol. The highest BCUT2D eigenvalue weighted by molar-refractivity contribution is 5.69. The Morgan fingerprint density at radius 3 is 2.71 bits per heavy atom. The topological polar surface area (TPSA) is 67.2 Å². The molecule has 1 heterocycles. The lowest BCUT2D eigenvalue weighted by molar-refractivity contribution is 0.332. The predicted octanol–water partition coefficient (Wildman–Crippen LogP) is 3.49. The second kappa shape index (κ2) is 7.15. The lowest BCUT2D eigenvalue weighted by atomic mass is 10.2. The van der Waals surface area contributed by atoms with Crippen LogP contribution >= 0.6 is 0 Å². The molecule has 0 spiro atoms. The standard InChI is InChI=1S/C16H17N3O2/c1-3-20-13-7-8-15(21-4-2)14(10-13)19-16-12(11-17)6-5-9-18-16/h5-10H,3-4H2,1-2H3,(H,18,19). The molecule has 108 valence electrons. The van der Waals surface area contributed by atoms with Gasteiger partial charge in [-0.1, -0.05) is 0 Å². The van der Waals surface area contributed by atoms with Gasteiger partial charge in [-0.05, 0) is 38.1 Å². The Balaban J connectivity index is 2.36. The van der Waals surface area contributed by atoms with Crippen molar-refractivity contribution < 1.29 is 9.47 Å². The Kier molecular flexibility index (Phi) is 4.99. The summed E-state index contributed by atoms with van der Waals surface area (Å²) >= 11 is 0. The van der Waals surface area contributed by atoms with Gasteiger partial charge in [0.25, 0.3) is 0 Å². The van der Waals surface area contributed by atoms with Crippen LogP contribution in [0.25, 0.3) is 0 Å². The summed E-state index contributed by atoms with van der Waals surface area (Å²) in [7, 11) is 0. The average molecular weight is 283 g/mol. The molecule has 0 bridgehead atoms. The molecule has 0 fully saturated rings. The number of pyridine rings is 1. The van der Waals surface area contributed by atoms with Gasteiger partial charge in [0.1, 0.15) is 23.4 Å². The van der Waals surface area contributed by atoms with Gasteiger partial charge < -0.3 is 14.8 Å². The predicted molar refractivity (Wildman–Crippen MR) is 81.0 cm³/mol. The van der Waals surface area contributed by atoms with Crippen molar-refractivity contribution in [2.45, 2.75) is 13.8 Å². The number of aromatic nitrogens is 1. The third-order valence-electron chi connectivity index (χ3n) is 2.74. The normalized spacial score (nSPS) is 9.76. The van der Waals surface area contributed by atoms with E-state index in [-0.39, 0.29) is 0 Å². The van der Waals surface area contributed by atoms with Crippen LogP contribution in [-0.4, -0.2) is 18.2 Å². The Morgan fingerprint density at radius 1 is 1.19 bits per heavy atom. The van der Waals surface area contributed by atoms with Crippen molar-refractivity contribution in [3.05, 3.63) is 42.1 Å². The molecule has 2 aromatic rings. The van der Waals surface area contributed by atoms with Crippen LogP contribution in [0.3, 0.4) is 0 Å². The minimum Gasteiger partial charge on any atom is -0.494 e. The molecule has 21 heavy (non-hydrogen) atoms. The zero-order valence-electron chi connectivity index (χ0n) is 12.1. The molecule has 1 aromatic heterocycles. The molecule has 0 aliphatic carbocycles. The van der Waals surface area contributed by atoms with Gasteiger partial charge in [0.2, 0.25) is 0 Å². The highest BCUT2D eigenvalue weighted by Crippen LogP contribution is 2.32. The molecule has 2 rings (SSSR count). The highest BCUT2D eigenvalue weighted by atomic mass is 16.5. The first-order valence-corrected chi connectivity index (χ1v) is 6.80. The maximum Gasteiger partial charge on any atom is 0.148 e. The van der Waals surface area contributed by atoms with Crippen molar-refractivity contribution in [2.75, 3.05) is 18.5 Å². The largest absolute Gasteiger partial charge is 0.494 e. The van der Waals surface area contributed by atoms with Crippen molar-refractivity contribution >= 4 is 11.5 Å². The Hall–Kier alpha value is -2.74. The minimum atomic E-state index is 0.474. The first-order valence-electron chi connectivity index (χ1n) is 6.80. The maximum absolute atomic E-state index is 9.12. The molecule has 0 aliphatic heterocycles. The number of nitrogens with one attached hydrogen (secondary N) is 1. The average Bonchev–Trinajstić information content (AvgIpc) is 2.51. The van der Waals surface area contributed by atoms with E-state index in [9.17, 15) is 0 Å². The van der Waals surface area contributed by atoms with Crippen LogP contribution in [0.1, 0.15) is 19.4 Å². The summed E-state index contributed by atoms with van der Waals surface area (Å²) in [4.78, 5) is 4.19. The summed E-state index contributed by atoms with van der Waals surface area (Å²) in [6.07, 6.45) is 1.63. The summed E-state index contributed by atoms with van der Waals surface area (Å²) < 4.78 is 11.1. The van der Waals surface area contributed by atoms with Gasteiger partial charge >= 0.3 is 0 Å². The molecule has 0 saturated carbocycles. The molecule has 5 heteroatoms. The van der Waals surface area contributed by atoms with Crippen molar-refractivity contribution in [3.63, 3.8) is 0 Å². The lowest BCUT2D eigenvalue weighted by Gasteiger charge is -2.14. The van der Waals surface area contributed by atoms with E-state index in [1.807, 2.05) is 32.0 Å². The number of ether oxygens (including phenoxy) is 2. The SMILES string of the molecule is CCOc1ccc(OCC)c(Nc2ncccc2C#N)c1. The maximum atomic E-state index is 9.12. The number of hydrogen-bond donors (Lipinski definition) is 1. The number of benzene rings is 1. The zero-order valence-corrected chi connectivity index (χ0v) is 12.1. The number of nitrogens with zero attached hydrogens (tertiary/aromatic N) is 2. The van der Waals surface area contributed by atoms with Crippen LogP contribution < -0.4 is 14.8 Å². The fourth-order valence-electron chi connectivity index (χ4n) is 1.87. The van der Waals surface area contributed by atoms with Crippen LogP contribution in [0.5, 0.6) is 11.5 Å². The molecular formula is C16H17N3O2. The smallest absolute Gasteiger partial charge is 0.148 e. The second-order valence-electron chi connectivity index (χ2n) is 4.16. The van der Waals surface area contributed by atoms with Crippen molar-refractivity contribution in [1.82, 2.24) is 4.98 Å². The van der Waals surface area contributed by atoms with Crippen molar-refractivity contribution in [3.8, 4) is 17.6 Å². The van der Waals surface area contributed by atoms with E-state index < -0.39 is 0 Å². The van der Waals surface area contributed by atoms with E-state index in [4.69, 9.17) is 14.7 Å². The highest BCUT2D eigenvalue weighted by Gasteiger charge is 2.09. The van der Waals surface area contributed by atoms with Crippen LogP contribution in [0, 0.1) is 11.3 Å². The summed E-state index contributed by atoms with van der Waals surface area (Å²) in [6, 6.07) is 11.1. The summed E-state index contributed by atoms with van der Waals surface area (Å²) in [5.74, 6) is 1.92. The van der Waals surface area contributed by atoms with E-state index in [1.165, 1.54) is 0 Å². The number of anilines is 2. The summed E-state index contributed by atoms with van der Waals surface area (Å²) in [5.41, 5.74) is 1.19. The molecule has 0 aliphatic rings. The van der Waals surface area contributed by atoms with Gasteiger partial charge in [0.15, 0.2) is 0 Å².